The number of aliphatic imine (C=N–C) groups is 1. The van der Waals surface area contributed by atoms with Crippen LogP contribution in [0.3, 0.4) is 0 Å². The summed E-state index contributed by atoms with van der Waals surface area (Å²) in [7, 11) is 0. The number of nitrogens with zero attached hydrogens (tertiary/aromatic N) is 4. The van der Waals surface area contributed by atoms with Gasteiger partial charge < -0.3 is 16.4 Å². The van der Waals surface area contributed by atoms with Gasteiger partial charge in [0, 0.05) is 27.9 Å². The second-order valence-electron chi connectivity index (χ2n) is 8.33. The van der Waals surface area contributed by atoms with Crippen molar-refractivity contribution < 1.29 is 24.6 Å². The van der Waals surface area contributed by atoms with Gasteiger partial charge in [-0.1, -0.05) is 18.8 Å². The average molecular weight is 569 g/mol. The fourth-order valence-electron chi connectivity index (χ4n) is 3.76. The van der Waals surface area contributed by atoms with E-state index in [4.69, 9.17) is 5.73 Å². The number of hydrazine groups is 1. The molecule has 16 heteroatoms. The van der Waals surface area contributed by atoms with Gasteiger partial charge in [-0.25, -0.2) is 25.2 Å². The number of nitro groups is 1. The first-order valence-electron chi connectivity index (χ1n) is 11.8. The van der Waals surface area contributed by atoms with Crippen LogP contribution in [0.4, 0.5) is 5.13 Å². The Morgan fingerprint density at radius 3 is 2.68 bits per heavy atom. The Hall–Kier alpha value is -3.63. The second kappa shape index (κ2) is 15.6. The molecule has 2 rings (SSSR count). The molecule has 0 fully saturated rings. The van der Waals surface area contributed by atoms with Gasteiger partial charge in [0.15, 0.2) is 10.2 Å². The zero-order chi connectivity index (χ0) is 28.1. The molecule has 0 unspecified atom stereocenters. The third-order valence-electron chi connectivity index (χ3n) is 5.48. The number of thiophene rings is 1. The van der Waals surface area contributed by atoms with Crippen molar-refractivity contribution in [1.82, 2.24) is 20.8 Å². The Balaban J connectivity index is 2.24. The van der Waals surface area contributed by atoms with Gasteiger partial charge in [-0.2, -0.15) is 0 Å². The van der Waals surface area contributed by atoms with Crippen LogP contribution in [0.1, 0.15) is 42.4 Å². The summed E-state index contributed by atoms with van der Waals surface area (Å²) >= 11 is 2.72. The third-order valence-corrected chi connectivity index (χ3v) is 7.20. The van der Waals surface area contributed by atoms with Gasteiger partial charge in [-0.3, -0.25) is 19.6 Å². The van der Waals surface area contributed by atoms with Crippen LogP contribution in [0, 0.1) is 23.0 Å². The van der Waals surface area contributed by atoms with Crippen LogP contribution < -0.4 is 21.8 Å². The fraction of sp³-hybridized carbons (Fsp3) is 0.500. The second-order valence-corrected chi connectivity index (χ2v) is 10.6. The van der Waals surface area contributed by atoms with Crippen molar-refractivity contribution in [3.8, 4) is 0 Å². The molecule has 0 saturated heterocycles. The van der Waals surface area contributed by atoms with Crippen molar-refractivity contribution >= 4 is 52.0 Å². The highest BCUT2D eigenvalue weighted by molar-refractivity contribution is 7.13. The predicted octanol–water partition coefficient (Wildman–Crippen LogP) is 1.69. The van der Waals surface area contributed by atoms with E-state index >= 15 is 0 Å². The fourth-order valence-corrected chi connectivity index (χ4v) is 5.24. The molecule has 6 N–H and O–H groups in total. The number of aryl methyl sites for hydroxylation is 1. The lowest BCUT2D eigenvalue weighted by Crippen LogP contribution is -2.51. The Morgan fingerprint density at radius 2 is 2.11 bits per heavy atom. The Bertz CT molecular complexity index is 1090. The van der Waals surface area contributed by atoms with E-state index < -0.39 is 34.8 Å². The maximum absolute atomic E-state index is 13.6. The highest BCUT2D eigenvalue weighted by Crippen LogP contribution is 2.25. The lowest BCUT2D eigenvalue weighted by atomic mass is 9.90. The maximum Gasteiger partial charge on any atom is 0.251 e. The van der Waals surface area contributed by atoms with Crippen molar-refractivity contribution in [3.63, 3.8) is 0 Å². The number of anilines is 1. The average Bonchev–Trinajstić information content (AvgIpc) is 3.53. The molecule has 0 radical (unpaired) electrons. The molecule has 38 heavy (non-hydrogen) atoms. The highest BCUT2D eigenvalue weighted by Gasteiger charge is 2.34. The molecule has 14 nitrogen and oxygen atoms in total. The summed E-state index contributed by atoms with van der Waals surface area (Å²) in [5, 5.41) is 27.9. The molecule has 0 aromatic carbocycles. The number of amides is 3. The summed E-state index contributed by atoms with van der Waals surface area (Å²) in [4.78, 5) is 58.3. The molecule has 2 aromatic heterocycles. The summed E-state index contributed by atoms with van der Waals surface area (Å²) in [6.07, 6.45) is 3.43. The number of thiazole rings is 1. The molecule has 0 aliphatic carbocycles. The minimum absolute atomic E-state index is 0.0650. The minimum atomic E-state index is -1.01. The van der Waals surface area contributed by atoms with Crippen molar-refractivity contribution in [2.75, 3.05) is 11.9 Å². The van der Waals surface area contributed by atoms with Crippen LogP contribution in [0.5, 0.6) is 0 Å². The highest BCUT2D eigenvalue weighted by atomic mass is 32.1. The third kappa shape index (κ3) is 10.0. The first-order valence-corrected chi connectivity index (χ1v) is 13.5. The quantitative estimate of drug-likeness (QED) is 0.0379. The molecule has 0 spiro atoms. The number of carbonyl (C=O) groups is 3. The lowest BCUT2D eigenvalue weighted by molar-refractivity contribution is -0.525. The van der Waals surface area contributed by atoms with Gasteiger partial charge in [0.25, 0.3) is 5.96 Å². The first-order chi connectivity index (χ1) is 18.1. The number of hydroxylamine groups is 2. The molecule has 0 saturated carbocycles. The molecule has 3 atom stereocenters. The monoisotopic (exact) mass is 568 g/mol. The van der Waals surface area contributed by atoms with Crippen LogP contribution in [0.15, 0.2) is 28.7 Å². The number of hydrogen-bond acceptors (Lipinski definition) is 10. The summed E-state index contributed by atoms with van der Waals surface area (Å²) in [6.45, 7) is 3.88. The smallest absolute Gasteiger partial charge is 0.251 e. The van der Waals surface area contributed by atoms with Gasteiger partial charge in [-0.05, 0) is 44.7 Å². The van der Waals surface area contributed by atoms with E-state index in [2.05, 4.69) is 20.6 Å². The molecule has 2 aromatic rings. The SMILES string of the molecule is CCC[C@H]([C@H](Cc1ccc(C)s1)C(=O)N[C@H](CCCN=C(N)N[N+](=O)[O-])C(=O)Nc1nccs1)N(O)C=O. The van der Waals surface area contributed by atoms with Crippen LogP contribution in [0.25, 0.3) is 0 Å². The zero-order valence-corrected chi connectivity index (χ0v) is 22.7. The Morgan fingerprint density at radius 1 is 1.34 bits per heavy atom. The topological polar surface area (TPSA) is 205 Å². The Kier molecular flexibility index (Phi) is 12.5. The predicted molar refractivity (Wildman–Crippen MR) is 143 cm³/mol. The van der Waals surface area contributed by atoms with Crippen LogP contribution in [-0.4, -0.2) is 63.1 Å². The molecular formula is C22H32N8O6S2. The van der Waals surface area contributed by atoms with E-state index in [0.29, 0.717) is 23.0 Å². The number of rotatable bonds is 16. The van der Waals surface area contributed by atoms with E-state index in [1.165, 1.54) is 28.9 Å². The van der Waals surface area contributed by atoms with Gasteiger partial charge in [0.1, 0.15) is 6.04 Å². The summed E-state index contributed by atoms with van der Waals surface area (Å²) in [5.41, 5.74) is 7.16. The largest absolute Gasteiger partial charge is 0.365 e. The molecule has 3 amide bonds. The number of aromatic nitrogens is 1. The molecule has 0 aliphatic heterocycles. The van der Waals surface area contributed by atoms with E-state index in [1.54, 1.807) is 10.8 Å². The van der Waals surface area contributed by atoms with E-state index in [1.807, 2.05) is 26.0 Å². The summed E-state index contributed by atoms with van der Waals surface area (Å²) in [6, 6.07) is 1.99. The Labute approximate surface area is 227 Å². The first kappa shape index (κ1) is 30.6. The summed E-state index contributed by atoms with van der Waals surface area (Å²) in [5.74, 6) is -2.24. The maximum atomic E-state index is 13.6. The van der Waals surface area contributed by atoms with E-state index in [9.17, 15) is 29.7 Å². The van der Waals surface area contributed by atoms with Gasteiger partial charge in [0.05, 0.1) is 12.0 Å². The molecule has 2 heterocycles. The summed E-state index contributed by atoms with van der Waals surface area (Å²) < 4.78 is 0. The van der Waals surface area contributed by atoms with E-state index in [0.717, 1.165) is 9.75 Å². The van der Waals surface area contributed by atoms with Crippen LogP contribution in [-0.2, 0) is 20.8 Å². The van der Waals surface area contributed by atoms with Gasteiger partial charge in [-0.15, -0.1) is 22.7 Å². The number of carbonyl (C=O) groups excluding carboxylic acids is 3. The minimum Gasteiger partial charge on any atom is -0.365 e. The van der Waals surface area contributed by atoms with Crippen LogP contribution in [0.2, 0.25) is 0 Å². The van der Waals surface area contributed by atoms with E-state index in [-0.39, 0.29) is 38.2 Å². The normalized spacial score (nSPS) is 13.7. The molecular weight excluding hydrogens is 536 g/mol. The van der Waals surface area contributed by atoms with Gasteiger partial charge >= 0.3 is 0 Å². The molecule has 0 bridgehead atoms. The van der Waals surface area contributed by atoms with Crippen molar-refractivity contribution in [2.24, 2.45) is 16.6 Å². The number of nitrogens with one attached hydrogen (secondary N) is 3. The lowest BCUT2D eigenvalue weighted by Gasteiger charge is -2.31. The zero-order valence-electron chi connectivity index (χ0n) is 21.0. The standard InChI is InChI=1S/C22H32N8O6S2/c1-3-5-18(29(34)13-31)16(12-15-8-7-14(2)38-15)19(32)26-17(20(33)27-22-25-10-11-37-22)6-4-9-24-21(23)28-30(35)36/h7-8,10-11,13,16-18,34H,3-6,9,12H2,1-2H3,(H,26,32)(H3,23,24,28)(H,25,27,33)/t16-,17+,18+/m0/s1. The molecule has 0 aliphatic rings. The number of nitrogens with two attached hydrogens (primary N) is 1. The van der Waals surface area contributed by atoms with Crippen molar-refractivity contribution in [1.29, 1.82) is 0 Å². The number of hydrogen-bond donors (Lipinski definition) is 5. The number of guanidine groups is 1. The van der Waals surface area contributed by atoms with Crippen molar-refractivity contribution in [2.45, 2.75) is 58.0 Å². The van der Waals surface area contributed by atoms with Crippen molar-refractivity contribution in [3.05, 3.63) is 43.6 Å². The van der Waals surface area contributed by atoms with Gasteiger partial charge in [0.2, 0.25) is 18.2 Å². The molecule has 208 valence electrons. The van der Waals surface area contributed by atoms with Crippen LogP contribution >= 0.6 is 22.7 Å².